The molecule has 1 atom stereocenters. The van der Waals surface area contributed by atoms with Crippen molar-refractivity contribution in [3.05, 3.63) is 42.0 Å². The quantitative estimate of drug-likeness (QED) is 0.729. The van der Waals surface area contributed by atoms with Crippen LogP contribution in [0.15, 0.2) is 35.6 Å². The Morgan fingerprint density at radius 1 is 1.53 bits per heavy atom. The molecule has 0 aliphatic carbocycles. The number of rotatable bonds is 5. The van der Waals surface area contributed by atoms with Crippen molar-refractivity contribution >= 4 is 10.0 Å². The summed E-state index contributed by atoms with van der Waals surface area (Å²) in [5.41, 5.74) is 6.60. The second-order valence-electron chi connectivity index (χ2n) is 4.03. The van der Waals surface area contributed by atoms with Gasteiger partial charge < -0.3 is 5.73 Å². The standard InChI is InChI=1S/C11H15N5O2S/c1-8(9-6-14-15-7-9)16-19(17,18)11-3-2-4-13-10(11)5-12/h2-4,6-8,16H,5,12H2,1H3,(H,14,15). The van der Waals surface area contributed by atoms with Gasteiger partial charge in [-0.15, -0.1) is 0 Å². The summed E-state index contributed by atoms with van der Waals surface area (Å²) >= 11 is 0. The van der Waals surface area contributed by atoms with E-state index in [9.17, 15) is 8.42 Å². The van der Waals surface area contributed by atoms with E-state index >= 15 is 0 Å². The molecule has 0 saturated carbocycles. The normalized spacial score (nSPS) is 13.4. The average Bonchev–Trinajstić information content (AvgIpc) is 2.92. The van der Waals surface area contributed by atoms with E-state index in [1.54, 1.807) is 25.4 Å². The van der Waals surface area contributed by atoms with E-state index in [2.05, 4.69) is 19.9 Å². The molecule has 102 valence electrons. The lowest BCUT2D eigenvalue weighted by Crippen LogP contribution is -2.28. The molecule has 0 aromatic carbocycles. The molecule has 0 spiro atoms. The fourth-order valence-corrected chi connectivity index (χ4v) is 3.12. The van der Waals surface area contributed by atoms with E-state index in [1.165, 1.54) is 12.3 Å². The molecule has 0 amide bonds. The zero-order chi connectivity index (χ0) is 13.9. The summed E-state index contributed by atoms with van der Waals surface area (Å²) in [4.78, 5) is 4.08. The van der Waals surface area contributed by atoms with Crippen molar-refractivity contribution in [3.63, 3.8) is 0 Å². The molecular formula is C11H15N5O2S. The Morgan fingerprint density at radius 3 is 2.95 bits per heavy atom. The van der Waals surface area contributed by atoms with E-state index in [0.717, 1.165) is 5.56 Å². The highest BCUT2D eigenvalue weighted by Gasteiger charge is 2.21. The lowest BCUT2D eigenvalue weighted by atomic mass is 10.2. The molecule has 2 aromatic rings. The van der Waals surface area contributed by atoms with Crippen LogP contribution in [-0.2, 0) is 16.6 Å². The van der Waals surface area contributed by atoms with E-state index in [4.69, 9.17) is 5.73 Å². The zero-order valence-electron chi connectivity index (χ0n) is 10.4. The first-order valence-corrected chi connectivity index (χ1v) is 7.18. The Labute approximate surface area is 111 Å². The number of H-pyrrole nitrogens is 1. The van der Waals surface area contributed by atoms with Gasteiger partial charge in [-0.3, -0.25) is 10.1 Å². The summed E-state index contributed by atoms with van der Waals surface area (Å²) in [5.74, 6) is 0. The number of hydrogen-bond donors (Lipinski definition) is 3. The van der Waals surface area contributed by atoms with Gasteiger partial charge in [0, 0.05) is 30.5 Å². The summed E-state index contributed by atoms with van der Waals surface area (Å²) in [6, 6.07) is 2.66. The van der Waals surface area contributed by atoms with Crippen LogP contribution < -0.4 is 10.5 Å². The molecule has 0 aliphatic rings. The molecule has 0 fully saturated rings. The summed E-state index contributed by atoms with van der Waals surface area (Å²) in [7, 11) is -3.66. The van der Waals surface area contributed by atoms with Gasteiger partial charge in [0.05, 0.1) is 11.9 Å². The molecule has 2 rings (SSSR count). The van der Waals surface area contributed by atoms with Crippen molar-refractivity contribution in [1.29, 1.82) is 0 Å². The highest BCUT2D eigenvalue weighted by Crippen LogP contribution is 2.17. The first-order valence-electron chi connectivity index (χ1n) is 5.69. The average molecular weight is 281 g/mol. The zero-order valence-corrected chi connectivity index (χ0v) is 11.2. The maximum atomic E-state index is 12.3. The van der Waals surface area contributed by atoms with Gasteiger partial charge in [-0.1, -0.05) is 0 Å². The van der Waals surface area contributed by atoms with Gasteiger partial charge >= 0.3 is 0 Å². The van der Waals surface area contributed by atoms with Crippen LogP contribution >= 0.6 is 0 Å². The van der Waals surface area contributed by atoms with Gasteiger partial charge in [0.2, 0.25) is 10.0 Å². The number of hydrogen-bond acceptors (Lipinski definition) is 5. The smallest absolute Gasteiger partial charge is 0.242 e. The number of nitrogens with zero attached hydrogens (tertiary/aromatic N) is 2. The summed E-state index contributed by atoms with van der Waals surface area (Å²) in [6.07, 6.45) is 4.72. The van der Waals surface area contributed by atoms with Crippen LogP contribution in [-0.4, -0.2) is 23.6 Å². The largest absolute Gasteiger partial charge is 0.325 e. The first-order chi connectivity index (χ1) is 9.04. The van der Waals surface area contributed by atoms with Gasteiger partial charge in [-0.2, -0.15) is 5.10 Å². The lowest BCUT2D eigenvalue weighted by Gasteiger charge is -2.14. The number of aromatic amines is 1. The number of pyridine rings is 1. The maximum Gasteiger partial charge on any atom is 0.242 e. The Kier molecular flexibility index (Phi) is 3.93. The maximum absolute atomic E-state index is 12.3. The van der Waals surface area contributed by atoms with Crippen molar-refractivity contribution in [1.82, 2.24) is 19.9 Å². The third-order valence-corrected chi connectivity index (χ3v) is 4.30. The highest BCUT2D eigenvalue weighted by atomic mass is 32.2. The summed E-state index contributed by atoms with van der Waals surface area (Å²) in [6.45, 7) is 1.80. The molecule has 1 unspecified atom stereocenters. The lowest BCUT2D eigenvalue weighted by molar-refractivity contribution is 0.565. The van der Waals surface area contributed by atoms with Crippen molar-refractivity contribution < 1.29 is 8.42 Å². The predicted octanol–water partition coefficient (Wildman–Crippen LogP) is 0.303. The van der Waals surface area contributed by atoms with E-state index < -0.39 is 16.1 Å². The molecule has 4 N–H and O–H groups in total. The van der Waals surface area contributed by atoms with Crippen molar-refractivity contribution in [2.24, 2.45) is 5.73 Å². The van der Waals surface area contributed by atoms with Gasteiger partial charge in [0.1, 0.15) is 4.90 Å². The molecule has 19 heavy (non-hydrogen) atoms. The highest BCUT2D eigenvalue weighted by molar-refractivity contribution is 7.89. The Balaban J connectivity index is 2.28. The van der Waals surface area contributed by atoms with Crippen LogP contribution in [0.3, 0.4) is 0 Å². The molecule has 0 aliphatic heterocycles. The molecule has 0 saturated heterocycles. The van der Waals surface area contributed by atoms with Crippen LogP contribution in [0.5, 0.6) is 0 Å². The van der Waals surface area contributed by atoms with E-state index in [-0.39, 0.29) is 11.4 Å². The van der Waals surface area contributed by atoms with E-state index in [1.807, 2.05) is 0 Å². The first kappa shape index (κ1) is 13.7. The monoisotopic (exact) mass is 281 g/mol. The second kappa shape index (κ2) is 5.47. The second-order valence-corrected chi connectivity index (χ2v) is 5.71. The van der Waals surface area contributed by atoms with Crippen LogP contribution in [0.25, 0.3) is 0 Å². The minimum Gasteiger partial charge on any atom is -0.325 e. The summed E-state index contributed by atoms with van der Waals surface area (Å²) < 4.78 is 27.1. The third-order valence-electron chi connectivity index (χ3n) is 2.68. The van der Waals surface area contributed by atoms with Gasteiger partial charge in [-0.05, 0) is 19.1 Å². The molecular weight excluding hydrogens is 266 g/mol. The van der Waals surface area contributed by atoms with Gasteiger partial charge in [0.15, 0.2) is 0 Å². The predicted molar refractivity (Wildman–Crippen MR) is 69.5 cm³/mol. The van der Waals surface area contributed by atoms with Crippen LogP contribution in [0, 0.1) is 0 Å². The molecule has 2 heterocycles. The number of nitrogens with one attached hydrogen (secondary N) is 2. The van der Waals surface area contributed by atoms with Crippen molar-refractivity contribution in [2.75, 3.05) is 0 Å². The Bertz CT molecular complexity index is 639. The molecule has 7 nitrogen and oxygen atoms in total. The SMILES string of the molecule is CC(NS(=O)(=O)c1cccnc1CN)c1cn[nH]c1. The minimum atomic E-state index is -3.66. The molecule has 0 bridgehead atoms. The minimum absolute atomic E-state index is 0.0666. The fourth-order valence-electron chi connectivity index (χ4n) is 1.68. The molecule has 2 aromatic heterocycles. The van der Waals surface area contributed by atoms with Crippen LogP contribution in [0.2, 0.25) is 0 Å². The third kappa shape index (κ3) is 2.98. The van der Waals surface area contributed by atoms with Gasteiger partial charge in [0.25, 0.3) is 0 Å². The van der Waals surface area contributed by atoms with E-state index in [0.29, 0.717) is 5.69 Å². The molecule has 0 radical (unpaired) electrons. The Morgan fingerprint density at radius 2 is 2.32 bits per heavy atom. The number of sulfonamides is 1. The van der Waals surface area contributed by atoms with Crippen molar-refractivity contribution in [2.45, 2.75) is 24.4 Å². The topological polar surface area (TPSA) is 114 Å². The number of nitrogens with two attached hydrogens (primary N) is 1. The van der Waals surface area contributed by atoms with Gasteiger partial charge in [-0.25, -0.2) is 13.1 Å². The van der Waals surface area contributed by atoms with Crippen LogP contribution in [0.4, 0.5) is 0 Å². The fraction of sp³-hybridized carbons (Fsp3) is 0.273. The Hall–Kier alpha value is -1.77. The van der Waals surface area contributed by atoms with Crippen molar-refractivity contribution in [3.8, 4) is 0 Å². The van der Waals surface area contributed by atoms with Crippen LogP contribution in [0.1, 0.15) is 24.2 Å². The molecule has 8 heteroatoms. The number of aromatic nitrogens is 3. The summed E-state index contributed by atoms with van der Waals surface area (Å²) in [5, 5.41) is 6.43.